The first kappa shape index (κ1) is 28.8. The van der Waals surface area contributed by atoms with Gasteiger partial charge in [-0.25, -0.2) is 0 Å². The Balaban J connectivity index is 1.15. The van der Waals surface area contributed by atoms with Crippen LogP contribution in [-0.2, 0) is 19.3 Å². The van der Waals surface area contributed by atoms with Gasteiger partial charge in [0.25, 0.3) is 0 Å². The number of rotatable bonds is 14. The molecule has 4 aromatic heterocycles. The van der Waals surface area contributed by atoms with Crippen LogP contribution < -0.4 is 0 Å². The smallest absolute Gasteiger partial charge is 0.0456 e. The number of hydrogen-bond acceptors (Lipinski definition) is 4. The maximum atomic E-state index is 3.86. The maximum Gasteiger partial charge on any atom is 0.0456 e. The zero-order chi connectivity index (χ0) is 26.3. The molecule has 0 bridgehead atoms. The molecule has 0 saturated carbocycles. The second kappa shape index (κ2) is 14.2. The lowest BCUT2D eigenvalue weighted by Gasteiger charge is -2.00. The Labute approximate surface area is 260 Å². The van der Waals surface area contributed by atoms with Gasteiger partial charge in [0.1, 0.15) is 0 Å². The van der Waals surface area contributed by atoms with Crippen LogP contribution >= 0.6 is 77.2 Å². The lowest BCUT2D eigenvalue weighted by Crippen LogP contribution is -1.83. The Kier molecular flexibility index (Phi) is 10.8. The van der Waals surface area contributed by atoms with Gasteiger partial charge < -0.3 is 0 Å². The molecule has 0 fully saturated rings. The van der Waals surface area contributed by atoms with Gasteiger partial charge >= 0.3 is 0 Å². The predicted octanol–water partition coefficient (Wildman–Crippen LogP) is 13.1. The number of fused-ring (bicyclic) bond motifs is 1. The van der Waals surface area contributed by atoms with Crippen molar-refractivity contribution in [3.63, 3.8) is 0 Å². The van der Waals surface area contributed by atoms with Crippen LogP contribution in [0, 0.1) is 0 Å². The lowest BCUT2D eigenvalue weighted by molar-refractivity contribution is 0.576. The molecule has 0 radical (unpaired) electrons. The topological polar surface area (TPSA) is 0 Å². The number of aryl methyl sites for hydroxylation is 1. The van der Waals surface area contributed by atoms with Crippen molar-refractivity contribution in [1.29, 1.82) is 0 Å². The van der Waals surface area contributed by atoms with Crippen molar-refractivity contribution >= 4 is 86.6 Å². The van der Waals surface area contributed by atoms with Crippen LogP contribution in [0.25, 0.3) is 19.8 Å². The Morgan fingerprint density at radius 3 is 1.82 bits per heavy atom. The summed E-state index contributed by atoms with van der Waals surface area (Å²) in [5.74, 6) is 0. The summed E-state index contributed by atoms with van der Waals surface area (Å²) < 4.78 is 5.39. The standard InChI is InChI=1S/C32H34Br2S4/c1-2-3-4-5-6-7-8-12-15-23-16-26(33)29(35-23)17-24-19-31-32(36-24)20-25(37-31)18-30-27(34)21-28(38-30)22-13-10-9-11-14-22/h9-11,13-14,16,19-21H,2-8,12,15,17-18H2,1H3. The fraction of sp³-hybridized carbons (Fsp3) is 0.375. The van der Waals surface area contributed by atoms with Gasteiger partial charge in [-0.1, -0.05) is 82.2 Å². The lowest BCUT2D eigenvalue weighted by atomic mass is 10.1. The zero-order valence-corrected chi connectivity index (χ0v) is 28.3. The molecule has 0 spiro atoms. The SMILES string of the molecule is CCCCCCCCCCc1cc(Br)c(Cc2cc3sc(Cc4sc(-c5ccccc5)cc4Br)cc3s2)s1. The molecule has 4 heterocycles. The summed E-state index contributed by atoms with van der Waals surface area (Å²) in [4.78, 5) is 8.67. The first-order valence-corrected chi connectivity index (χ1v) is 18.6. The molecular formula is C32H34Br2S4. The minimum absolute atomic E-state index is 0.998. The van der Waals surface area contributed by atoms with E-state index in [0.717, 1.165) is 12.8 Å². The second-order valence-electron chi connectivity index (χ2n) is 9.96. The fourth-order valence-electron chi connectivity index (χ4n) is 4.83. The third-order valence-corrected chi connectivity index (χ3v) is 13.5. The number of thiophene rings is 4. The highest BCUT2D eigenvalue weighted by atomic mass is 79.9. The molecule has 0 N–H and O–H groups in total. The number of benzene rings is 1. The highest BCUT2D eigenvalue weighted by Crippen LogP contribution is 2.40. The average Bonchev–Trinajstić information content (AvgIpc) is 3.66. The molecule has 5 rings (SSSR count). The van der Waals surface area contributed by atoms with Gasteiger partial charge in [-0.3, -0.25) is 0 Å². The first-order chi connectivity index (χ1) is 18.6. The molecule has 1 aromatic carbocycles. The Morgan fingerprint density at radius 1 is 0.579 bits per heavy atom. The van der Waals surface area contributed by atoms with E-state index in [1.54, 1.807) is 0 Å². The molecule has 0 unspecified atom stereocenters. The summed E-state index contributed by atoms with van der Waals surface area (Å²) in [7, 11) is 0. The average molecular weight is 707 g/mol. The van der Waals surface area contributed by atoms with Crippen molar-refractivity contribution in [2.75, 3.05) is 0 Å². The molecular weight excluding hydrogens is 672 g/mol. The van der Waals surface area contributed by atoms with Crippen LogP contribution in [0.3, 0.4) is 0 Å². The molecule has 200 valence electrons. The largest absolute Gasteiger partial charge is 0.144 e. The Hall–Kier alpha value is -0.760. The van der Waals surface area contributed by atoms with Crippen LogP contribution in [-0.4, -0.2) is 0 Å². The molecule has 0 amide bonds. The highest BCUT2D eigenvalue weighted by molar-refractivity contribution is 9.10. The van der Waals surface area contributed by atoms with Crippen molar-refractivity contribution in [1.82, 2.24) is 0 Å². The van der Waals surface area contributed by atoms with Crippen LogP contribution in [0.2, 0.25) is 0 Å². The molecule has 0 aliphatic carbocycles. The van der Waals surface area contributed by atoms with E-state index in [9.17, 15) is 0 Å². The third-order valence-electron chi connectivity index (χ3n) is 6.88. The van der Waals surface area contributed by atoms with Gasteiger partial charge in [-0.05, 0) is 74.5 Å². The first-order valence-electron chi connectivity index (χ1n) is 13.7. The molecule has 0 aliphatic heterocycles. The molecule has 38 heavy (non-hydrogen) atoms. The van der Waals surface area contributed by atoms with Gasteiger partial charge in [-0.2, -0.15) is 0 Å². The van der Waals surface area contributed by atoms with Gasteiger partial charge in [0.05, 0.1) is 0 Å². The molecule has 0 atom stereocenters. The van der Waals surface area contributed by atoms with E-state index in [2.05, 4.69) is 93.4 Å². The molecule has 0 nitrogen and oxygen atoms in total. The van der Waals surface area contributed by atoms with Gasteiger partial charge in [0.2, 0.25) is 0 Å². The van der Waals surface area contributed by atoms with Gasteiger partial charge in [0, 0.05) is 60.4 Å². The predicted molar refractivity (Wildman–Crippen MR) is 181 cm³/mol. The van der Waals surface area contributed by atoms with Crippen LogP contribution in [0.5, 0.6) is 0 Å². The highest BCUT2D eigenvalue weighted by Gasteiger charge is 2.14. The van der Waals surface area contributed by atoms with Gasteiger partial charge in [0.15, 0.2) is 0 Å². The molecule has 5 aromatic rings. The fourth-order valence-corrected chi connectivity index (χ4v) is 11.3. The minimum Gasteiger partial charge on any atom is -0.144 e. The number of halogens is 2. The van der Waals surface area contributed by atoms with Crippen molar-refractivity contribution in [2.24, 2.45) is 0 Å². The van der Waals surface area contributed by atoms with E-state index in [-0.39, 0.29) is 0 Å². The maximum absolute atomic E-state index is 3.86. The second-order valence-corrected chi connectivity index (χ2v) is 16.4. The van der Waals surface area contributed by atoms with Crippen molar-refractivity contribution in [2.45, 2.75) is 77.6 Å². The molecule has 0 aliphatic rings. The van der Waals surface area contributed by atoms with Crippen LogP contribution in [0.4, 0.5) is 0 Å². The molecule has 6 heteroatoms. The summed E-state index contributed by atoms with van der Waals surface area (Å²) in [6.45, 7) is 2.29. The number of hydrogen-bond donors (Lipinski definition) is 0. The summed E-state index contributed by atoms with van der Waals surface area (Å²) in [5.41, 5.74) is 1.29. The normalized spacial score (nSPS) is 11.7. The van der Waals surface area contributed by atoms with Crippen LogP contribution in [0.15, 0.2) is 63.5 Å². The van der Waals surface area contributed by atoms with E-state index in [1.807, 2.05) is 45.3 Å². The van der Waals surface area contributed by atoms with Crippen molar-refractivity contribution in [3.05, 3.63) is 87.9 Å². The van der Waals surface area contributed by atoms with Crippen LogP contribution in [0.1, 0.15) is 82.7 Å². The minimum atomic E-state index is 0.998. The molecule has 0 saturated heterocycles. The summed E-state index contributed by atoms with van der Waals surface area (Å²) in [5, 5.41) is 0. The zero-order valence-electron chi connectivity index (χ0n) is 21.9. The van der Waals surface area contributed by atoms with E-state index < -0.39 is 0 Å². The van der Waals surface area contributed by atoms with E-state index in [0.29, 0.717) is 0 Å². The van der Waals surface area contributed by atoms with E-state index >= 15 is 0 Å². The summed E-state index contributed by atoms with van der Waals surface area (Å²) >= 11 is 15.5. The third kappa shape index (κ3) is 7.70. The quantitative estimate of drug-likeness (QED) is 0.101. The summed E-state index contributed by atoms with van der Waals surface area (Å²) in [6.07, 6.45) is 14.4. The van der Waals surface area contributed by atoms with E-state index in [4.69, 9.17) is 0 Å². The van der Waals surface area contributed by atoms with Crippen molar-refractivity contribution in [3.8, 4) is 10.4 Å². The van der Waals surface area contributed by atoms with Crippen molar-refractivity contribution < 1.29 is 0 Å². The Morgan fingerprint density at radius 2 is 1.16 bits per heavy atom. The van der Waals surface area contributed by atoms with Gasteiger partial charge in [-0.15, -0.1) is 45.3 Å². The van der Waals surface area contributed by atoms with E-state index in [1.165, 1.54) is 111 Å². The monoisotopic (exact) mass is 704 g/mol. The summed E-state index contributed by atoms with van der Waals surface area (Å²) in [6, 6.07) is 20.2. The number of unbranched alkanes of at least 4 members (excludes halogenated alkanes) is 7. The Bertz CT molecular complexity index is 1410.